The van der Waals surface area contributed by atoms with Gasteiger partial charge in [0.2, 0.25) is 0 Å². The summed E-state index contributed by atoms with van der Waals surface area (Å²) in [6, 6.07) is 0. The number of amides is 2. The number of hydrogen-bond donors (Lipinski definition) is 1. The van der Waals surface area contributed by atoms with E-state index in [1.807, 2.05) is 0 Å². The van der Waals surface area contributed by atoms with E-state index in [4.69, 9.17) is 0 Å². The molecular weight excluding hydrogens is 168 g/mol. The van der Waals surface area contributed by atoms with Crippen LogP contribution in [0.5, 0.6) is 0 Å². The summed E-state index contributed by atoms with van der Waals surface area (Å²) in [4.78, 5) is 24.1. The third kappa shape index (κ3) is 2.57. The second-order valence-corrected chi connectivity index (χ2v) is 3.00. The SMILES string of the molecule is C=CCNC(=O)C(=O)N1CCCC1. The Morgan fingerprint density at radius 2 is 2.00 bits per heavy atom. The third-order valence-electron chi connectivity index (χ3n) is 1.99. The molecule has 0 aromatic carbocycles. The number of hydrogen-bond acceptors (Lipinski definition) is 2. The maximum absolute atomic E-state index is 11.3. The van der Waals surface area contributed by atoms with Crippen LogP contribution in [0.4, 0.5) is 0 Å². The number of carbonyl (C=O) groups excluding carboxylic acids is 2. The molecule has 0 aliphatic carbocycles. The van der Waals surface area contributed by atoms with Gasteiger partial charge >= 0.3 is 11.8 Å². The predicted octanol–water partition coefficient (Wildman–Crippen LogP) is -0.0890. The number of likely N-dealkylation sites (tertiary alicyclic amines) is 1. The Hall–Kier alpha value is -1.32. The summed E-state index contributed by atoms with van der Waals surface area (Å²) >= 11 is 0. The van der Waals surface area contributed by atoms with E-state index in [1.54, 1.807) is 11.0 Å². The topological polar surface area (TPSA) is 49.4 Å². The average Bonchev–Trinajstić information content (AvgIpc) is 2.65. The van der Waals surface area contributed by atoms with Crippen molar-refractivity contribution >= 4 is 11.8 Å². The highest BCUT2D eigenvalue weighted by molar-refractivity contribution is 6.35. The second kappa shape index (κ2) is 4.64. The van der Waals surface area contributed by atoms with Crippen LogP contribution in [-0.4, -0.2) is 36.3 Å². The molecule has 1 aliphatic heterocycles. The lowest BCUT2D eigenvalue weighted by atomic mass is 10.4. The van der Waals surface area contributed by atoms with Gasteiger partial charge in [0, 0.05) is 19.6 Å². The van der Waals surface area contributed by atoms with Crippen molar-refractivity contribution in [2.24, 2.45) is 0 Å². The summed E-state index contributed by atoms with van der Waals surface area (Å²) in [5, 5.41) is 2.46. The first-order valence-electron chi connectivity index (χ1n) is 4.43. The molecule has 1 saturated heterocycles. The van der Waals surface area contributed by atoms with Crippen molar-refractivity contribution < 1.29 is 9.59 Å². The van der Waals surface area contributed by atoms with E-state index in [1.165, 1.54) is 0 Å². The Morgan fingerprint density at radius 3 is 2.54 bits per heavy atom. The second-order valence-electron chi connectivity index (χ2n) is 3.00. The van der Waals surface area contributed by atoms with Crippen LogP contribution in [-0.2, 0) is 9.59 Å². The van der Waals surface area contributed by atoms with Crippen molar-refractivity contribution in [3.63, 3.8) is 0 Å². The smallest absolute Gasteiger partial charge is 0.311 e. The summed E-state index contributed by atoms with van der Waals surface area (Å²) in [5.74, 6) is -0.943. The van der Waals surface area contributed by atoms with Gasteiger partial charge < -0.3 is 10.2 Å². The molecule has 0 bridgehead atoms. The quantitative estimate of drug-likeness (QED) is 0.479. The molecule has 72 valence electrons. The largest absolute Gasteiger partial charge is 0.344 e. The van der Waals surface area contributed by atoms with Crippen molar-refractivity contribution in [2.75, 3.05) is 19.6 Å². The Bertz CT molecular complexity index is 220. The monoisotopic (exact) mass is 182 g/mol. The molecular formula is C9H14N2O2. The van der Waals surface area contributed by atoms with E-state index in [0.29, 0.717) is 19.6 Å². The molecule has 1 rings (SSSR count). The van der Waals surface area contributed by atoms with Gasteiger partial charge in [0.15, 0.2) is 0 Å². The zero-order chi connectivity index (χ0) is 9.68. The van der Waals surface area contributed by atoms with Gasteiger partial charge in [-0.2, -0.15) is 0 Å². The normalized spacial score (nSPS) is 15.5. The van der Waals surface area contributed by atoms with Crippen LogP contribution >= 0.6 is 0 Å². The van der Waals surface area contributed by atoms with Gasteiger partial charge in [0.05, 0.1) is 0 Å². The van der Waals surface area contributed by atoms with Crippen molar-refractivity contribution in [1.82, 2.24) is 10.2 Å². The summed E-state index contributed by atoms with van der Waals surface area (Å²) in [7, 11) is 0. The van der Waals surface area contributed by atoms with Crippen LogP contribution in [0.3, 0.4) is 0 Å². The van der Waals surface area contributed by atoms with Gasteiger partial charge in [0.1, 0.15) is 0 Å². The Kier molecular flexibility index (Phi) is 3.49. The molecule has 13 heavy (non-hydrogen) atoms. The third-order valence-corrected chi connectivity index (χ3v) is 1.99. The van der Waals surface area contributed by atoms with Crippen LogP contribution in [0.1, 0.15) is 12.8 Å². The van der Waals surface area contributed by atoms with E-state index in [9.17, 15) is 9.59 Å². The Morgan fingerprint density at radius 1 is 1.38 bits per heavy atom. The first-order chi connectivity index (χ1) is 6.25. The summed E-state index contributed by atoms with van der Waals surface area (Å²) < 4.78 is 0. The minimum atomic E-state index is -0.526. The van der Waals surface area contributed by atoms with Crippen molar-refractivity contribution in [1.29, 1.82) is 0 Å². The highest BCUT2D eigenvalue weighted by atomic mass is 16.2. The molecule has 0 radical (unpaired) electrons. The maximum Gasteiger partial charge on any atom is 0.311 e. The highest BCUT2D eigenvalue weighted by Gasteiger charge is 2.23. The molecule has 4 nitrogen and oxygen atoms in total. The lowest BCUT2D eigenvalue weighted by molar-refractivity contribution is -0.145. The van der Waals surface area contributed by atoms with Crippen molar-refractivity contribution in [3.05, 3.63) is 12.7 Å². The van der Waals surface area contributed by atoms with E-state index in [2.05, 4.69) is 11.9 Å². The van der Waals surface area contributed by atoms with Crippen LogP contribution in [0.15, 0.2) is 12.7 Å². The van der Waals surface area contributed by atoms with Gasteiger partial charge in [0.25, 0.3) is 0 Å². The van der Waals surface area contributed by atoms with E-state index in [0.717, 1.165) is 12.8 Å². The molecule has 1 fully saturated rings. The summed E-state index contributed by atoms with van der Waals surface area (Å²) in [6.45, 7) is 5.21. The lowest BCUT2D eigenvalue weighted by Crippen LogP contribution is -2.41. The molecule has 0 unspecified atom stereocenters. The van der Waals surface area contributed by atoms with Crippen LogP contribution in [0.2, 0.25) is 0 Å². The number of rotatable bonds is 2. The number of nitrogens with one attached hydrogen (secondary N) is 1. The molecule has 2 amide bonds. The lowest BCUT2D eigenvalue weighted by Gasteiger charge is -2.13. The molecule has 1 aliphatic rings. The minimum absolute atomic E-state index is 0.346. The van der Waals surface area contributed by atoms with E-state index >= 15 is 0 Å². The zero-order valence-corrected chi connectivity index (χ0v) is 7.58. The fraction of sp³-hybridized carbons (Fsp3) is 0.556. The number of nitrogens with zero attached hydrogens (tertiary/aromatic N) is 1. The van der Waals surface area contributed by atoms with Crippen LogP contribution < -0.4 is 5.32 Å². The van der Waals surface area contributed by atoms with E-state index < -0.39 is 11.8 Å². The molecule has 4 heteroatoms. The maximum atomic E-state index is 11.3. The van der Waals surface area contributed by atoms with Gasteiger partial charge in [-0.25, -0.2) is 0 Å². The molecule has 1 heterocycles. The fourth-order valence-electron chi connectivity index (χ4n) is 1.30. The molecule has 0 atom stereocenters. The van der Waals surface area contributed by atoms with Gasteiger partial charge in [-0.3, -0.25) is 9.59 Å². The zero-order valence-electron chi connectivity index (χ0n) is 7.58. The average molecular weight is 182 g/mol. The van der Waals surface area contributed by atoms with Crippen molar-refractivity contribution in [3.8, 4) is 0 Å². The molecule has 1 N–H and O–H groups in total. The van der Waals surface area contributed by atoms with Crippen molar-refractivity contribution in [2.45, 2.75) is 12.8 Å². The standard InChI is InChI=1S/C9H14N2O2/c1-2-5-10-8(12)9(13)11-6-3-4-7-11/h2H,1,3-7H2,(H,10,12). The van der Waals surface area contributed by atoms with Gasteiger partial charge in [-0.15, -0.1) is 6.58 Å². The molecule has 0 aromatic rings. The Labute approximate surface area is 77.6 Å². The molecule has 0 aromatic heterocycles. The van der Waals surface area contributed by atoms with Crippen LogP contribution in [0.25, 0.3) is 0 Å². The minimum Gasteiger partial charge on any atom is -0.344 e. The highest BCUT2D eigenvalue weighted by Crippen LogP contribution is 2.06. The van der Waals surface area contributed by atoms with Gasteiger partial charge in [-0.1, -0.05) is 6.08 Å². The summed E-state index contributed by atoms with van der Waals surface area (Å²) in [6.07, 6.45) is 3.55. The first-order valence-corrected chi connectivity index (χ1v) is 4.43. The predicted molar refractivity (Wildman–Crippen MR) is 49.0 cm³/mol. The first kappa shape index (κ1) is 9.77. The molecule has 0 saturated carbocycles. The van der Waals surface area contributed by atoms with Gasteiger partial charge in [-0.05, 0) is 12.8 Å². The fourth-order valence-corrected chi connectivity index (χ4v) is 1.30. The molecule has 0 spiro atoms. The van der Waals surface area contributed by atoms with E-state index in [-0.39, 0.29) is 0 Å². The number of carbonyl (C=O) groups is 2. The van der Waals surface area contributed by atoms with Crippen LogP contribution in [0, 0.1) is 0 Å². The Balaban J connectivity index is 2.36. The summed E-state index contributed by atoms with van der Waals surface area (Å²) in [5.41, 5.74) is 0.